The summed E-state index contributed by atoms with van der Waals surface area (Å²) < 4.78 is 1.85. The molecule has 2 aromatic rings. The van der Waals surface area contributed by atoms with Gasteiger partial charge in [0, 0.05) is 6.08 Å². The van der Waals surface area contributed by atoms with Crippen LogP contribution in [0.15, 0.2) is 48.6 Å². The molecule has 22 heavy (non-hydrogen) atoms. The first-order valence-electron chi connectivity index (χ1n) is 7.26. The van der Waals surface area contributed by atoms with E-state index in [9.17, 15) is 4.79 Å². The van der Waals surface area contributed by atoms with Crippen molar-refractivity contribution in [3.63, 3.8) is 0 Å². The van der Waals surface area contributed by atoms with Crippen LogP contribution in [0.1, 0.15) is 23.9 Å². The Morgan fingerprint density at radius 1 is 1.14 bits per heavy atom. The predicted octanol–water partition coefficient (Wildman–Crippen LogP) is 3.87. The predicted molar refractivity (Wildman–Crippen MR) is 90.4 cm³/mol. The third kappa shape index (κ3) is 3.52. The van der Waals surface area contributed by atoms with Gasteiger partial charge in [0.05, 0.1) is 22.8 Å². The zero-order valence-electron chi connectivity index (χ0n) is 13.4. The highest BCUT2D eigenvalue weighted by Crippen LogP contribution is 2.23. The lowest BCUT2D eigenvalue weighted by Gasteiger charge is -2.06. The Morgan fingerprint density at radius 3 is 2.45 bits per heavy atom. The molecule has 0 bridgehead atoms. The monoisotopic (exact) mass is 295 g/mol. The van der Waals surface area contributed by atoms with Gasteiger partial charge in [0.2, 0.25) is 5.91 Å². The number of anilines is 1. The Labute approximate surface area is 131 Å². The number of hydrogen-bond acceptors (Lipinski definition) is 2. The maximum Gasteiger partial charge on any atom is 0.248 e. The Bertz CT molecular complexity index is 722. The van der Waals surface area contributed by atoms with Crippen LogP contribution in [0, 0.1) is 20.8 Å². The molecule has 0 atom stereocenters. The van der Waals surface area contributed by atoms with Crippen molar-refractivity contribution in [1.82, 2.24) is 9.78 Å². The summed E-state index contributed by atoms with van der Waals surface area (Å²) >= 11 is 0. The van der Waals surface area contributed by atoms with Gasteiger partial charge in [-0.1, -0.05) is 35.9 Å². The standard InChI is InChI=1S/C18H21N3O/c1-5-6-7-8-17(22)19-18-14(3)20-21(15(18)4)16-11-9-13(2)10-12-16/h5-12H,1-4H3,(H,19,22)/b6-5+,8-7+. The quantitative estimate of drug-likeness (QED) is 0.687. The molecular weight excluding hydrogens is 274 g/mol. The molecule has 0 unspecified atom stereocenters. The molecule has 4 nitrogen and oxygen atoms in total. The number of aromatic nitrogens is 2. The molecule has 0 aliphatic rings. The highest BCUT2D eigenvalue weighted by molar-refractivity contribution is 6.00. The molecule has 1 N–H and O–H groups in total. The molecule has 1 heterocycles. The van der Waals surface area contributed by atoms with Gasteiger partial charge < -0.3 is 5.32 Å². The lowest BCUT2D eigenvalue weighted by molar-refractivity contribution is -0.111. The molecule has 0 aliphatic heterocycles. The van der Waals surface area contributed by atoms with E-state index in [0.717, 1.165) is 22.8 Å². The summed E-state index contributed by atoms with van der Waals surface area (Å²) in [6.45, 7) is 7.80. The number of hydrogen-bond donors (Lipinski definition) is 1. The van der Waals surface area contributed by atoms with E-state index in [1.807, 2.05) is 68.8 Å². The van der Waals surface area contributed by atoms with Crippen molar-refractivity contribution in [1.29, 1.82) is 0 Å². The minimum absolute atomic E-state index is 0.159. The molecule has 0 saturated heterocycles. The summed E-state index contributed by atoms with van der Waals surface area (Å²) in [4.78, 5) is 11.9. The van der Waals surface area contributed by atoms with Crippen LogP contribution in [0.4, 0.5) is 5.69 Å². The van der Waals surface area contributed by atoms with Crippen LogP contribution in [0.5, 0.6) is 0 Å². The zero-order valence-corrected chi connectivity index (χ0v) is 13.4. The van der Waals surface area contributed by atoms with Crippen molar-refractivity contribution in [3.05, 3.63) is 65.5 Å². The third-order valence-electron chi connectivity index (χ3n) is 3.37. The molecule has 0 saturated carbocycles. The highest BCUT2D eigenvalue weighted by atomic mass is 16.1. The third-order valence-corrected chi connectivity index (χ3v) is 3.37. The van der Waals surface area contributed by atoms with Gasteiger partial charge in [-0.2, -0.15) is 5.10 Å². The molecule has 0 fully saturated rings. The number of rotatable bonds is 4. The maximum absolute atomic E-state index is 11.9. The van der Waals surface area contributed by atoms with Crippen molar-refractivity contribution in [2.45, 2.75) is 27.7 Å². The van der Waals surface area contributed by atoms with E-state index in [2.05, 4.69) is 10.4 Å². The van der Waals surface area contributed by atoms with Crippen molar-refractivity contribution >= 4 is 11.6 Å². The molecule has 0 aliphatic carbocycles. The molecule has 0 spiro atoms. The molecule has 114 valence electrons. The number of carbonyl (C=O) groups is 1. The minimum Gasteiger partial charge on any atom is -0.319 e. The number of aryl methyl sites for hydroxylation is 2. The average molecular weight is 295 g/mol. The zero-order chi connectivity index (χ0) is 16.1. The molecule has 1 amide bonds. The fourth-order valence-electron chi connectivity index (χ4n) is 2.18. The van der Waals surface area contributed by atoms with E-state index in [-0.39, 0.29) is 5.91 Å². The van der Waals surface area contributed by atoms with Crippen LogP contribution in [-0.4, -0.2) is 15.7 Å². The first kappa shape index (κ1) is 15.8. The second-order valence-corrected chi connectivity index (χ2v) is 5.17. The van der Waals surface area contributed by atoms with E-state index >= 15 is 0 Å². The fourth-order valence-corrected chi connectivity index (χ4v) is 2.18. The van der Waals surface area contributed by atoms with Crippen LogP contribution < -0.4 is 5.32 Å². The number of allylic oxidation sites excluding steroid dienone is 3. The van der Waals surface area contributed by atoms with E-state index in [1.54, 1.807) is 6.08 Å². The molecule has 1 aromatic heterocycles. The SMILES string of the molecule is C/C=C/C=C/C(=O)Nc1c(C)nn(-c2ccc(C)cc2)c1C. The molecule has 1 aromatic carbocycles. The van der Waals surface area contributed by atoms with Crippen molar-refractivity contribution < 1.29 is 4.79 Å². The Kier molecular flexibility index (Phi) is 4.94. The first-order valence-corrected chi connectivity index (χ1v) is 7.26. The van der Waals surface area contributed by atoms with Gasteiger partial charge in [-0.15, -0.1) is 0 Å². The van der Waals surface area contributed by atoms with Gasteiger partial charge in [0.25, 0.3) is 0 Å². The van der Waals surface area contributed by atoms with Crippen LogP contribution in [0.25, 0.3) is 5.69 Å². The van der Waals surface area contributed by atoms with Gasteiger partial charge >= 0.3 is 0 Å². The first-order chi connectivity index (χ1) is 10.5. The summed E-state index contributed by atoms with van der Waals surface area (Å²) in [6.07, 6.45) is 6.90. The number of nitrogens with zero attached hydrogens (tertiary/aromatic N) is 2. The second kappa shape index (κ2) is 6.89. The number of nitrogens with one attached hydrogen (secondary N) is 1. The molecule has 4 heteroatoms. The maximum atomic E-state index is 11.9. The van der Waals surface area contributed by atoms with Crippen molar-refractivity contribution in [2.75, 3.05) is 5.32 Å². The van der Waals surface area contributed by atoms with E-state index in [0.29, 0.717) is 0 Å². The molecular formula is C18H21N3O. The van der Waals surface area contributed by atoms with Gasteiger partial charge in [-0.25, -0.2) is 4.68 Å². The lowest BCUT2D eigenvalue weighted by Crippen LogP contribution is -2.09. The highest BCUT2D eigenvalue weighted by Gasteiger charge is 2.14. The van der Waals surface area contributed by atoms with Gasteiger partial charge in [0.1, 0.15) is 0 Å². The Hall–Kier alpha value is -2.62. The molecule has 0 radical (unpaired) electrons. The van der Waals surface area contributed by atoms with E-state index in [1.165, 1.54) is 11.6 Å². The summed E-state index contributed by atoms with van der Waals surface area (Å²) in [7, 11) is 0. The van der Waals surface area contributed by atoms with Crippen molar-refractivity contribution in [2.24, 2.45) is 0 Å². The Morgan fingerprint density at radius 2 is 1.82 bits per heavy atom. The summed E-state index contributed by atoms with van der Waals surface area (Å²) in [5.41, 5.74) is 4.65. The molecule has 2 rings (SSSR count). The van der Waals surface area contributed by atoms with Crippen LogP contribution in [0.3, 0.4) is 0 Å². The van der Waals surface area contributed by atoms with Gasteiger partial charge in [-0.05, 0) is 39.8 Å². The summed E-state index contributed by atoms with van der Waals surface area (Å²) in [5, 5.41) is 7.42. The number of amides is 1. The summed E-state index contributed by atoms with van der Waals surface area (Å²) in [5.74, 6) is -0.159. The lowest BCUT2D eigenvalue weighted by atomic mass is 10.2. The van der Waals surface area contributed by atoms with Crippen LogP contribution in [0.2, 0.25) is 0 Å². The van der Waals surface area contributed by atoms with Crippen molar-refractivity contribution in [3.8, 4) is 5.69 Å². The topological polar surface area (TPSA) is 46.9 Å². The van der Waals surface area contributed by atoms with E-state index < -0.39 is 0 Å². The Balaban J connectivity index is 2.27. The second-order valence-electron chi connectivity index (χ2n) is 5.17. The van der Waals surface area contributed by atoms with Gasteiger partial charge in [0.15, 0.2) is 0 Å². The normalized spacial score (nSPS) is 11.5. The van der Waals surface area contributed by atoms with E-state index in [4.69, 9.17) is 0 Å². The fraction of sp³-hybridized carbons (Fsp3) is 0.222. The van der Waals surface area contributed by atoms with Crippen LogP contribution in [-0.2, 0) is 4.79 Å². The summed E-state index contributed by atoms with van der Waals surface area (Å²) in [6, 6.07) is 8.13. The van der Waals surface area contributed by atoms with Crippen LogP contribution >= 0.6 is 0 Å². The number of benzene rings is 1. The van der Waals surface area contributed by atoms with Gasteiger partial charge in [-0.3, -0.25) is 4.79 Å². The average Bonchev–Trinajstić information content (AvgIpc) is 2.76. The largest absolute Gasteiger partial charge is 0.319 e. The number of carbonyl (C=O) groups excluding carboxylic acids is 1. The minimum atomic E-state index is -0.159. The smallest absolute Gasteiger partial charge is 0.248 e.